The molecule has 1 heterocycles. The van der Waals surface area contributed by atoms with Gasteiger partial charge in [-0.3, -0.25) is 0 Å². The lowest BCUT2D eigenvalue weighted by molar-refractivity contribution is -0.0591. The maximum absolute atomic E-state index is 11.5. The zero-order valence-electron chi connectivity index (χ0n) is 4.20. The van der Waals surface area contributed by atoms with Gasteiger partial charge in [0.05, 0.1) is 6.42 Å². The summed E-state index contributed by atoms with van der Waals surface area (Å²) in [4.78, 5) is 4.04. The molecule has 50 valence electrons. The Bertz CT molecular complexity index is 139. The van der Waals surface area contributed by atoms with E-state index in [0.717, 1.165) is 0 Å². The van der Waals surface area contributed by atoms with Crippen molar-refractivity contribution in [3.05, 3.63) is 6.42 Å². The molecule has 0 atom stereocenters. The molecule has 5 heteroatoms. The minimum absolute atomic E-state index is 0.200. The molecule has 0 amide bonds. The monoisotopic (exact) mass is 137 g/mol. The summed E-state index contributed by atoms with van der Waals surface area (Å²) < 4.78 is 34.5. The molecule has 0 aromatic heterocycles. The van der Waals surface area contributed by atoms with Crippen molar-refractivity contribution in [2.24, 2.45) is 5.16 Å². The highest BCUT2D eigenvalue weighted by Crippen LogP contribution is 2.21. The molecule has 0 saturated heterocycles. The molecule has 1 rings (SSSR count). The van der Waals surface area contributed by atoms with Gasteiger partial charge in [0.1, 0.15) is 6.61 Å². The molecule has 0 bridgehead atoms. The molecular formula is C4H2F3NO. The van der Waals surface area contributed by atoms with Crippen LogP contribution in [0.2, 0.25) is 0 Å². The van der Waals surface area contributed by atoms with E-state index in [1.54, 1.807) is 0 Å². The average molecular weight is 137 g/mol. The van der Waals surface area contributed by atoms with Crippen LogP contribution in [-0.4, -0.2) is 18.5 Å². The highest BCUT2D eigenvalue weighted by atomic mass is 19.4. The Kier molecular flexibility index (Phi) is 1.34. The third kappa shape index (κ3) is 1.34. The Hall–Kier alpha value is -0.740. The topological polar surface area (TPSA) is 21.6 Å². The average Bonchev–Trinajstić information content (AvgIpc) is 2.08. The van der Waals surface area contributed by atoms with E-state index in [2.05, 4.69) is 9.99 Å². The van der Waals surface area contributed by atoms with Crippen LogP contribution in [0.25, 0.3) is 0 Å². The molecule has 0 fully saturated rings. The van der Waals surface area contributed by atoms with Crippen molar-refractivity contribution in [1.82, 2.24) is 0 Å². The van der Waals surface area contributed by atoms with Crippen molar-refractivity contribution in [1.29, 1.82) is 0 Å². The first-order valence-electron chi connectivity index (χ1n) is 2.12. The normalized spacial score (nSPS) is 19.2. The highest BCUT2D eigenvalue weighted by molar-refractivity contribution is 5.97. The molecule has 1 aliphatic heterocycles. The van der Waals surface area contributed by atoms with Gasteiger partial charge >= 0.3 is 6.18 Å². The molecule has 0 N–H and O–H groups in total. The Morgan fingerprint density at radius 2 is 2.22 bits per heavy atom. The third-order valence-electron chi connectivity index (χ3n) is 0.729. The number of nitrogens with zero attached hydrogens (tertiary/aromatic N) is 1. The molecule has 0 aromatic carbocycles. The van der Waals surface area contributed by atoms with E-state index in [1.807, 2.05) is 6.42 Å². The minimum Gasteiger partial charge on any atom is -0.394 e. The summed E-state index contributed by atoms with van der Waals surface area (Å²) in [5.41, 5.74) is -1.07. The van der Waals surface area contributed by atoms with Crippen LogP contribution in [0.1, 0.15) is 0 Å². The summed E-state index contributed by atoms with van der Waals surface area (Å²) in [5.74, 6) is 0. The zero-order valence-corrected chi connectivity index (χ0v) is 4.20. The number of halogens is 3. The van der Waals surface area contributed by atoms with Crippen molar-refractivity contribution in [3.8, 4) is 0 Å². The van der Waals surface area contributed by atoms with Gasteiger partial charge in [-0.05, 0) is 0 Å². The molecule has 0 unspecified atom stereocenters. The quantitative estimate of drug-likeness (QED) is 0.488. The van der Waals surface area contributed by atoms with Crippen LogP contribution in [0.15, 0.2) is 5.16 Å². The van der Waals surface area contributed by atoms with Gasteiger partial charge in [-0.2, -0.15) is 13.2 Å². The standard InChI is InChI=1S/C4H2F3NO/c5-4(6,7)3-1-2-9-8-3/h2H2. The van der Waals surface area contributed by atoms with Crippen LogP contribution >= 0.6 is 0 Å². The summed E-state index contributed by atoms with van der Waals surface area (Å²) in [6.07, 6.45) is -2.51. The van der Waals surface area contributed by atoms with Gasteiger partial charge in [-0.1, -0.05) is 5.16 Å². The van der Waals surface area contributed by atoms with Crippen molar-refractivity contribution in [3.63, 3.8) is 0 Å². The fourth-order valence-electron chi connectivity index (χ4n) is 0.382. The number of oxime groups is 1. The Morgan fingerprint density at radius 3 is 2.44 bits per heavy atom. The lowest BCUT2D eigenvalue weighted by Crippen LogP contribution is -2.21. The second-order valence-corrected chi connectivity index (χ2v) is 1.39. The van der Waals surface area contributed by atoms with Crippen LogP contribution in [0.5, 0.6) is 0 Å². The molecule has 0 aromatic rings. The van der Waals surface area contributed by atoms with Crippen LogP contribution in [0, 0.1) is 6.42 Å². The zero-order chi connectivity index (χ0) is 6.91. The number of alkyl halides is 3. The van der Waals surface area contributed by atoms with Gasteiger partial charge in [0.2, 0.25) is 0 Å². The van der Waals surface area contributed by atoms with E-state index in [-0.39, 0.29) is 6.61 Å². The summed E-state index contributed by atoms with van der Waals surface area (Å²) in [7, 11) is 0. The van der Waals surface area contributed by atoms with Crippen LogP contribution < -0.4 is 0 Å². The van der Waals surface area contributed by atoms with Crippen molar-refractivity contribution < 1.29 is 18.0 Å². The van der Waals surface area contributed by atoms with Gasteiger partial charge in [0.25, 0.3) is 0 Å². The summed E-state index contributed by atoms with van der Waals surface area (Å²) in [6.45, 7) is -0.200. The largest absolute Gasteiger partial charge is 0.433 e. The minimum atomic E-state index is -4.41. The van der Waals surface area contributed by atoms with Crippen molar-refractivity contribution >= 4 is 5.71 Å². The van der Waals surface area contributed by atoms with E-state index >= 15 is 0 Å². The van der Waals surface area contributed by atoms with E-state index in [9.17, 15) is 13.2 Å². The SMILES string of the molecule is FC(F)(F)C1=NOC[C]1. The predicted octanol–water partition coefficient (Wildman–Crippen LogP) is 1.02. The fraction of sp³-hybridized carbons (Fsp3) is 0.500. The summed E-state index contributed by atoms with van der Waals surface area (Å²) in [6, 6.07) is 0. The lowest BCUT2D eigenvalue weighted by Gasteiger charge is -1.99. The van der Waals surface area contributed by atoms with Gasteiger partial charge in [0, 0.05) is 0 Å². The fourth-order valence-corrected chi connectivity index (χ4v) is 0.382. The summed E-state index contributed by atoms with van der Waals surface area (Å²) in [5, 5.41) is 2.69. The van der Waals surface area contributed by atoms with E-state index in [0.29, 0.717) is 0 Å². The van der Waals surface area contributed by atoms with Gasteiger partial charge in [-0.15, -0.1) is 0 Å². The summed E-state index contributed by atoms with van der Waals surface area (Å²) >= 11 is 0. The number of hydrogen-bond donors (Lipinski definition) is 0. The molecule has 0 saturated carbocycles. The van der Waals surface area contributed by atoms with E-state index in [1.165, 1.54) is 0 Å². The first-order chi connectivity index (χ1) is 4.11. The first-order valence-corrected chi connectivity index (χ1v) is 2.12. The molecule has 9 heavy (non-hydrogen) atoms. The van der Waals surface area contributed by atoms with E-state index < -0.39 is 11.9 Å². The third-order valence-corrected chi connectivity index (χ3v) is 0.729. The van der Waals surface area contributed by atoms with Crippen LogP contribution in [0.3, 0.4) is 0 Å². The maximum atomic E-state index is 11.5. The van der Waals surface area contributed by atoms with Crippen LogP contribution in [-0.2, 0) is 4.84 Å². The second kappa shape index (κ2) is 1.89. The Morgan fingerprint density at radius 1 is 1.56 bits per heavy atom. The molecule has 1 aliphatic rings. The Labute approximate surface area is 49.3 Å². The smallest absolute Gasteiger partial charge is 0.394 e. The molecular weight excluding hydrogens is 135 g/mol. The second-order valence-electron chi connectivity index (χ2n) is 1.39. The molecule has 0 spiro atoms. The van der Waals surface area contributed by atoms with Gasteiger partial charge in [0.15, 0.2) is 5.71 Å². The molecule has 2 radical (unpaired) electrons. The lowest BCUT2D eigenvalue weighted by atomic mass is 10.3. The van der Waals surface area contributed by atoms with Crippen LogP contribution in [0.4, 0.5) is 13.2 Å². The molecule has 2 nitrogen and oxygen atoms in total. The first kappa shape index (κ1) is 6.38. The maximum Gasteiger partial charge on any atom is 0.433 e. The highest BCUT2D eigenvalue weighted by Gasteiger charge is 2.38. The van der Waals surface area contributed by atoms with Gasteiger partial charge < -0.3 is 4.84 Å². The van der Waals surface area contributed by atoms with Gasteiger partial charge in [-0.25, -0.2) is 0 Å². The number of hydrogen-bond acceptors (Lipinski definition) is 2. The van der Waals surface area contributed by atoms with E-state index in [4.69, 9.17) is 0 Å². The van der Waals surface area contributed by atoms with Crippen molar-refractivity contribution in [2.75, 3.05) is 6.61 Å². The Balaban J connectivity index is 2.61. The number of rotatable bonds is 0. The molecule has 0 aliphatic carbocycles. The predicted molar refractivity (Wildman–Crippen MR) is 22.7 cm³/mol. The van der Waals surface area contributed by atoms with Crippen molar-refractivity contribution in [2.45, 2.75) is 6.18 Å².